The predicted molar refractivity (Wildman–Crippen MR) is 69.7 cm³/mol. The van der Waals surface area contributed by atoms with Crippen molar-refractivity contribution in [2.45, 2.75) is 6.29 Å². The molecule has 0 spiro atoms. The third kappa shape index (κ3) is 3.09. The van der Waals surface area contributed by atoms with Crippen molar-refractivity contribution in [3.05, 3.63) is 60.2 Å². The first-order chi connectivity index (χ1) is 8.83. The Hall–Kier alpha value is -1.84. The zero-order valence-corrected chi connectivity index (χ0v) is 10.5. The number of hydrogen-bond donors (Lipinski definition) is 0. The van der Waals surface area contributed by atoms with Crippen molar-refractivity contribution in [2.75, 3.05) is 14.2 Å². The predicted octanol–water partition coefficient (Wildman–Crippen LogP) is 3.77. The SMILES string of the molecule is COC(OC)c1ccc(Oc2ccccc2)cc1. The summed E-state index contributed by atoms with van der Waals surface area (Å²) in [6.07, 6.45) is -0.337. The molecule has 2 rings (SSSR count). The van der Waals surface area contributed by atoms with E-state index in [0.717, 1.165) is 17.1 Å². The van der Waals surface area contributed by atoms with Gasteiger partial charge in [0.1, 0.15) is 11.5 Å². The van der Waals surface area contributed by atoms with E-state index in [1.165, 1.54) is 0 Å². The fourth-order valence-electron chi connectivity index (χ4n) is 1.69. The highest BCUT2D eigenvalue weighted by molar-refractivity contribution is 5.33. The Morgan fingerprint density at radius 1 is 0.722 bits per heavy atom. The maximum atomic E-state index is 5.70. The fourth-order valence-corrected chi connectivity index (χ4v) is 1.69. The molecule has 0 aromatic heterocycles. The maximum Gasteiger partial charge on any atom is 0.183 e. The van der Waals surface area contributed by atoms with Crippen molar-refractivity contribution in [2.24, 2.45) is 0 Å². The Labute approximate surface area is 107 Å². The zero-order chi connectivity index (χ0) is 12.8. The van der Waals surface area contributed by atoms with E-state index in [9.17, 15) is 0 Å². The number of ether oxygens (including phenoxy) is 3. The zero-order valence-electron chi connectivity index (χ0n) is 10.5. The lowest BCUT2D eigenvalue weighted by Crippen LogP contribution is -2.03. The molecule has 0 unspecified atom stereocenters. The van der Waals surface area contributed by atoms with Crippen LogP contribution in [-0.2, 0) is 9.47 Å². The molecule has 0 aliphatic rings. The molecule has 94 valence electrons. The molecule has 0 saturated carbocycles. The van der Waals surface area contributed by atoms with Crippen LogP contribution in [0.4, 0.5) is 0 Å². The van der Waals surface area contributed by atoms with Gasteiger partial charge in [-0.25, -0.2) is 0 Å². The van der Waals surface area contributed by atoms with E-state index in [1.54, 1.807) is 14.2 Å². The van der Waals surface area contributed by atoms with Gasteiger partial charge in [0.2, 0.25) is 0 Å². The van der Waals surface area contributed by atoms with Crippen LogP contribution in [0.3, 0.4) is 0 Å². The summed E-state index contributed by atoms with van der Waals surface area (Å²) in [5, 5.41) is 0. The number of hydrogen-bond acceptors (Lipinski definition) is 3. The minimum atomic E-state index is -0.337. The van der Waals surface area contributed by atoms with E-state index in [2.05, 4.69) is 0 Å². The van der Waals surface area contributed by atoms with Crippen molar-refractivity contribution in [1.29, 1.82) is 0 Å². The Morgan fingerprint density at radius 3 is 1.83 bits per heavy atom. The molecule has 3 heteroatoms. The minimum Gasteiger partial charge on any atom is -0.457 e. The summed E-state index contributed by atoms with van der Waals surface area (Å²) < 4.78 is 16.1. The van der Waals surface area contributed by atoms with E-state index in [1.807, 2.05) is 54.6 Å². The van der Waals surface area contributed by atoms with E-state index < -0.39 is 0 Å². The Kier molecular flexibility index (Phi) is 4.34. The first kappa shape index (κ1) is 12.6. The van der Waals surface area contributed by atoms with Crippen molar-refractivity contribution in [1.82, 2.24) is 0 Å². The quantitative estimate of drug-likeness (QED) is 0.749. The van der Waals surface area contributed by atoms with Gasteiger partial charge in [0.25, 0.3) is 0 Å². The van der Waals surface area contributed by atoms with E-state index in [4.69, 9.17) is 14.2 Å². The second kappa shape index (κ2) is 6.19. The Bertz CT molecular complexity index is 461. The van der Waals surface area contributed by atoms with Crippen LogP contribution in [0.2, 0.25) is 0 Å². The highest BCUT2D eigenvalue weighted by Gasteiger charge is 2.08. The monoisotopic (exact) mass is 244 g/mol. The molecule has 3 nitrogen and oxygen atoms in total. The second-order valence-corrected chi connectivity index (χ2v) is 3.79. The Morgan fingerprint density at radius 2 is 1.28 bits per heavy atom. The first-order valence-corrected chi connectivity index (χ1v) is 5.72. The number of benzene rings is 2. The smallest absolute Gasteiger partial charge is 0.183 e. The van der Waals surface area contributed by atoms with Gasteiger partial charge in [0.15, 0.2) is 6.29 Å². The summed E-state index contributed by atoms with van der Waals surface area (Å²) in [4.78, 5) is 0. The number of methoxy groups -OCH3 is 2. The van der Waals surface area contributed by atoms with Gasteiger partial charge >= 0.3 is 0 Å². The third-order valence-electron chi connectivity index (χ3n) is 2.56. The van der Waals surface area contributed by atoms with Crippen molar-refractivity contribution in [3.63, 3.8) is 0 Å². The summed E-state index contributed by atoms with van der Waals surface area (Å²) in [7, 11) is 3.23. The van der Waals surface area contributed by atoms with Crippen LogP contribution in [0.5, 0.6) is 11.5 Å². The van der Waals surface area contributed by atoms with Gasteiger partial charge in [-0.3, -0.25) is 0 Å². The molecule has 2 aromatic carbocycles. The number of rotatable bonds is 5. The van der Waals surface area contributed by atoms with Crippen LogP contribution < -0.4 is 4.74 Å². The second-order valence-electron chi connectivity index (χ2n) is 3.79. The largest absolute Gasteiger partial charge is 0.457 e. The molecule has 0 saturated heterocycles. The fraction of sp³-hybridized carbons (Fsp3) is 0.200. The molecule has 0 amide bonds. The summed E-state index contributed by atoms with van der Waals surface area (Å²) in [6.45, 7) is 0. The molecular formula is C15H16O3. The summed E-state index contributed by atoms with van der Waals surface area (Å²) in [6, 6.07) is 17.3. The number of para-hydroxylation sites is 1. The van der Waals surface area contributed by atoms with Crippen LogP contribution in [0.1, 0.15) is 11.9 Å². The molecule has 0 bridgehead atoms. The summed E-state index contributed by atoms with van der Waals surface area (Å²) in [5.74, 6) is 1.61. The molecule has 0 aliphatic heterocycles. The van der Waals surface area contributed by atoms with Crippen molar-refractivity contribution in [3.8, 4) is 11.5 Å². The van der Waals surface area contributed by atoms with Crippen LogP contribution in [-0.4, -0.2) is 14.2 Å². The topological polar surface area (TPSA) is 27.7 Å². The molecule has 0 atom stereocenters. The lowest BCUT2D eigenvalue weighted by molar-refractivity contribution is -0.106. The molecule has 2 aromatic rings. The van der Waals surface area contributed by atoms with Crippen molar-refractivity contribution >= 4 is 0 Å². The molecule has 0 radical (unpaired) electrons. The molecule has 18 heavy (non-hydrogen) atoms. The van der Waals surface area contributed by atoms with Gasteiger partial charge in [0.05, 0.1) is 0 Å². The van der Waals surface area contributed by atoms with Crippen LogP contribution >= 0.6 is 0 Å². The van der Waals surface area contributed by atoms with E-state index in [-0.39, 0.29) is 6.29 Å². The average molecular weight is 244 g/mol. The maximum absolute atomic E-state index is 5.70. The van der Waals surface area contributed by atoms with Crippen LogP contribution in [0.25, 0.3) is 0 Å². The van der Waals surface area contributed by atoms with Crippen LogP contribution in [0, 0.1) is 0 Å². The van der Waals surface area contributed by atoms with E-state index >= 15 is 0 Å². The normalized spacial score (nSPS) is 10.6. The highest BCUT2D eigenvalue weighted by atomic mass is 16.7. The lowest BCUT2D eigenvalue weighted by Gasteiger charge is -2.14. The molecule has 0 N–H and O–H groups in total. The summed E-state index contributed by atoms with van der Waals surface area (Å²) in [5.41, 5.74) is 0.959. The molecule has 0 aliphatic carbocycles. The van der Waals surface area contributed by atoms with Crippen molar-refractivity contribution < 1.29 is 14.2 Å². The van der Waals surface area contributed by atoms with Gasteiger partial charge in [-0.15, -0.1) is 0 Å². The van der Waals surface area contributed by atoms with Gasteiger partial charge in [0, 0.05) is 19.8 Å². The van der Waals surface area contributed by atoms with Crippen LogP contribution in [0.15, 0.2) is 54.6 Å². The van der Waals surface area contributed by atoms with E-state index in [0.29, 0.717) is 0 Å². The van der Waals surface area contributed by atoms with Gasteiger partial charge in [-0.1, -0.05) is 30.3 Å². The average Bonchev–Trinajstić information content (AvgIpc) is 2.43. The van der Waals surface area contributed by atoms with Gasteiger partial charge in [-0.05, 0) is 24.3 Å². The lowest BCUT2D eigenvalue weighted by atomic mass is 10.2. The Balaban J connectivity index is 2.08. The highest BCUT2D eigenvalue weighted by Crippen LogP contribution is 2.24. The molecule has 0 fully saturated rings. The van der Waals surface area contributed by atoms with Gasteiger partial charge in [-0.2, -0.15) is 0 Å². The molecular weight excluding hydrogens is 228 g/mol. The summed E-state index contributed by atoms with van der Waals surface area (Å²) >= 11 is 0. The van der Waals surface area contributed by atoms with Gasteiger partial charge < -0.3 is 14.2 Å². The minimum absolute atomic E-state index is 0.337. The standard InChI is InChI=1S/C15H16O3/c1-16-15(17-2)12-8-10-14(11-9-12)18-13-6-4-3-5-7-13/h3-11,15H,1-2H3. The third-order valence-corrected chi connectivity index (χ3v) is 2.56. The first-order valence-electron chi connectivity index (χ1n) is 5.72. The molecule has 0 heterocycles.